The Morgan fingerprint density at radius 2 is 1.70 bits per heavy atom. The zero-order chi connectivity index (χ0) is 21.1. The maximum atomic E-state index is 12.8. The van der Waals surface area contributed by atoms with Gasteiger partial charge in [-0.1, -0.05) is 81.4 Å². The zero-order valence-electron chi connectivity index (χ0n) is 17.9. The van der Waals surface area contributed by atoms with Gasteiger partial charge in [-0.15, -0.1) is 0 Å². The molecule has 0 aliphatic carbocycles. The molecule has 1 atom stereocenters. The van der Waals surface area contributed by atoms with Crippen LogP contribution in [0.1, 0.15) is 38.2 Å². The predicted molar refractivity (Wildman–Crippen MR) is 118 cm³/mol. The standard InChI is InChI=1S/C25H29N3O2/c1-25(2,3)23(28-14-15-30-18-22(28)29)24-26-21(20-12-8-5-9-13-20)17-27(24)16-19-10-6-4-7-11-19/h4-13,17,23H,14-16,18H2,1-3H3. The first-order chi connectivity index (χ1) is 14.4. The molecule has 3 aromatic rings. The Balaban J connectivity index is 1.82. The molecule has 2 heterocycles. The minimum atomic E-state index is -0.180. The normalized spacial score (nSPS) is 16.0. The second kappa shape index (κ2) is 8.44. The van der Waals surface area contributed by atoms with Crippen LogP contribution in [0.15, 0.2) is 66.9 Å². The highest BCUT2D eigenvalue weighted by molar-refractivity contribution is 5.78. The Labute approximate surface area is 178 Å². The van der Waals surface area contributed by atoms with Crippen LogP contribution in [-0.2, 0) is 16.1 Å². The monoisotopic (exact) mass is 403 g/mol. The highest BCUT2D eigenvalue weighted by atomic mass is 16.5. The number of carbonyl (C=O) groups excluding carboxylic acids is 1. The van der Waals surface area contributed by atoms with Crippen LogP contribution in [-0.4, -0.2) is 40.1 Å². The van der Waals surface area contributed by atoms with Crippen molar-refractivity contribution in [2.24, 2.45) is 5.41 Å². The largest absolute Gasteiger partial charge is 0.370 e. The number of aromatic nitrogens is 2. The number of hydrogen-bond acceptors (Lipinski definition) is 3. The van der Waals surface area contributed by atoms with Gasteiger partial charge in [0.05, 0.1) is 18.3 Å². The molecule has 0 N–H and O–H groups in total. The molecule has 1 unspecified atom stereocenters. The van der Waals surface area contributed by atoms with Crippen molar-refractivity contribution in [1.29, 1.82) is 0 Å². The molecule has 1 aliphatic heterocycles. The first-order valence-electron chi connectivity index (χ1n) is 10.5. The molecule has 0 spiro atoms. The lowest BCUT2D eigenvalue weighted by Gasteiger charge is -2.41. The van der Waals surface area contributed by atoms with E-state index in [1.165, 1.54) is 5.56 Å². The van der Waals surface area contributed by atoms with E-state index in [0.29, 0.717) is 19.7 Å². The van der Waals surface area contributed by atoms with Crippen LogP contribution < -0.4 is 0 Å². The maximum Gasteiger partial charge on any atom is 0.249 e. The minimum absolute atomic E-state index is 0.0247. The summed E-state index contributed by atoms with van der Waals surface area (Å²) in [6.45, 7) is 8.50. The summed E-state index contributed by atoms with van der Waals surface area (Å²) in [5.41, 5.74) is 3.03. The summed E-state index contributed by atoms with van der Waals surface area (Å²) < 4.78 is 7.60. The van der Waals surface area contributed by atoms with E-state index in [1.54, 1.807) is 0 Å². The SMILES string of the molecule is CC(C)(C)C(c1nc(-c2ccccc2)cn1Cc1ccccc1)N1CCOCC1=O. The lowest BCUT2D eigenvalue weighted by molar-refractivity contribution is -0.149. The number of ether oxygens (including phenoxy) is 1. The maximum absolute atomic E-state index is 12.8. The van der Waals surface area contributed by atoms with Crippen LogP contribution >= 0.6 is 0 Å². The molecule has 0 saturated carbocycles. The van der Waals surface area contributed by atoms with E-state index in [9.17, 15) is 4.79 Å². The third-order valence-corrected chi connectivity index (χ3v) is 5.47. The van der Waals surface area contributed by atoms with Gasteiger partial charge < -0.3 is 14.2 Å². The second-order valence-electron chi connectivity index (χ2n) is 8.87. The van der Waals surface area contributed by atoms with Crippen LogP contribution in [0.4, 0.5) is 0 Å². The molecule has 1 aromatic heterocycles. The number of nitrogens with zero attached hydrogens (tertiary/aromatic N) is 3. The quantitative estimate of drug-likeness (QED) is 0.628. The number of rotatable bonds is 5. The Hall–Kier alpha value is -2.92. The highest BCUT2D eigenvalue weighted by Crippen LogP contribution is 2.39. The van der Waals surface area contributed by atoms with Crippen molar-refractivity contribution in [3.8, 4) is 11.3 Å². The number of hydrogen-bond donors (Lipinski definition) is 0. The average Bonchev–Trinajstić information content (AvgIpc) is 3.13. The summed E-state index contributed by atoms with van der Waals surface area (Å²) in [4.78, 5) is 19.8. The fourth-order valence-corrected chi connectivity index (χ4v) is 4.10. The minimum Gasteiger partial charge on any atom is -0.370 e. The number of amides is 1. The molecule has 5 nitrogen and oxygen atoms in total. The van der Waals surface area contributed by atoms with Crippen LogP contribution in [0.2, 0.25) is 0 Å². The molecule has 1 fully saturated rings. The van der Waals surface area contributed by atoms with Gasteiger partial charge in [0.15, 0.2) is 0 Å². The van der Waals surface area contributed by atoms with Crippen LogP contribution in [0.3, 0.4) is 0 Å². The summed E-state index contributed by atoms with van der Waals surface area (Å²) >= 11 is 0. The van der Waals surface area contributed by atoms with Crippen molar-refractivity contribution in [1.82, 2.24) is 14.5 Å². The van der Waals surface area contributed by atoms with Crippen LogP contribution in [0, 0.1) is 5.41 Å². The third-order valence-electron chi connectivity index (χ3n) is 5.47. The average molecular weight is 404 g/mol. The fourth-order valence-electron chi connectivity index (χ4n) is 4.10. The van der Waals surface area contributed by atoms with E-state index in [1.807, 2.05) is 29.2 Å². The van der Waals surface area contributed by atoms with Gasteiger partial charge in [-0.2, -0.15) is 0 Å². The lowest BCUT2D eigenvalue weighted by Crippen LogP contribution is -2.48. The van der Waals surface area contributed by atoms with Gasteiger partial charge in [-0.05, 0) is 11.0 Å². The molecule has 1 aliphatic rings. The van der Waals surface area contributed by atoms with Crippen molar-refractivity contribution < 1.29 is 9.53 Å². The van der Waals surface area contributed by atoms with Gasteiger partial charge in [0.1, 0.15) is 12.4 Å². The summed E-state index contributed by atoms with van der Waals surface area (Å²) in [5.74, 6) is 0.942. The molecule has 0 bridgehead atoms. The smallest absolute Gasteiger partial charge is 0.249 e. The molecule has 30 heavy (non-hydrogen) atoms. The highest BCUT2D eigenvalue weighted by Gasteiger charge is 2.39. The summed E-state index contributed by atoms with van der Waals surface area (Å²) in [6.07, 6.45) is 2.11. The summed E-state index contributed by atoms with van der Waals surface area (Å²) in [5, 5.41) is 0. The molecular formula is C25H29N3O2. The van der Waals surface area contributed by atoms with Gasteiger partial charge in [-0.3, -0.25) is 4.79 Å². The number of carbonyl (C=O) groups is 1. The summed E-state index contributed by atoms with van der Waals surface area (Å²) in [7, 11) is 0. The lowest BCUT2D eigenvalue weighted by atomic mass is 9.84. The van der Waals surface area contributed by atoms with Crippen molar-refractivity contribution in [3.05, 3.63) is 78.2 Å². The molecule has 5 heteroatoms. The van der Waals surface area contributed by atoms with E-state index >= 15 is 0 Å². The summed E-state index contributed by atoms with van der Waals surface area (Å²) in [6, 6.07) is 20.4. The van der Waals surface area contributed by atoms with E-state index < -0.39 is 0 Å². The third kappa shape index (κ3) is 4.31. The van der Waals surface area contributed by atoms with Gasteiger partial charge >= 0.3 is 0 Å². The first kappa shape index (κ1) is 20.4. The predicted octanol–water partition coefficient (Wildman–Crippen LogP) is 4.54. The van der Waals surface area contributed by atoms with E-state index in [4.69, 9.17) is 9.72 Å². The van der Waals surface area contributed by atoms with Crippen molar-refractivity contribution in [3.63, 3.8) is 0 Å². The molecular weight excluding hydrogens is 374 g/mol. The van der Waals surface area contributed by atoms with Crippen molar-refractivity contribution in [2.75, 3.05) is 19.8 Å². The molecule has 4 rings (SSSR count). The van der Waals surface area contributed by atoms with E-state index in [-0.39, 0.29) is 24.0 Å². The van der Waals surface area contributed by atoms with Crippen LogP contribution in [0.25, 0.3) is 11.3 Å². The molecule has 0 radical (unpaired) electrons. The number of imidazole rings is 1. The molecule has 2 aromatic carbocycles. The van der Waals surface area contributed by atoms with Crippen molar-refractivity contribution >= 4 is 5.91 Å². The van der Waals surface area contributed by atoms with Gasteiger partial charge in [0.2, 0.25) is 5.91 Å². The van der Waals surface area contributed by atoms with Gasteiger partial charge in [0.25, 0.3) is 0 Å². The Bertz CT molecular complexity index is 990. The van der Waals surface area contributed by atoms with Gasteiger partial charge in [0, 0.05) is 24.8 Å². The number of morpholine rings is 1. The van der Waals surface area contributed by atoms with E-state index in [0.717, 1.165) is 17.1 Å². The van der Waals surface area contributed by atoms with Crippen LogP contribution in [0.5, 0.6) is 0 Å². The fraction of sp³-hybridized carbons (Fsp3) is 0.360. The second-order valence-corrected chi connectivity index (χ2v) is 8.87. The zero-order valence-corrected chi connectivity index (χ0v) is 17.9. The Morgan fingerprint density at radius 1 is 1.03 bits per heavy atom. The topological polar surface area (TPSA) is 47.4 Å². The van der Waals surface area contributed by atoms with Crippen molar-refractivity contribution in [2.45, 2.75) is 33.4 Å². The Morgan fingerprint density at radius 3 is 2.33 bits per heavy atom. The molecule has 156 valence electrons. The first-order valence-corrected chi connectivity index (χ1v) is 10.5. The molecule has 1 saturated heterocycles. The Kier molecular flexibility index (Phi) is 5.73. The number of benzene rings is 2. The van der Waals surface area contributed by atoms with Gasteiger partial charge in [-0.25, -0.2) is 4.98 Å². The van der Waals surface area contributed by atoms with E-state index in [2.05, 4.69) is 67.9 Å². The molecule has 1 amide bonds.